The molecule has 0 heterocycles. The van der Waals surface area contributed by atoms with E-state index in [1.54, 1.807) is 31.2 Å². The molecule has 1 aromatic carbocycles. The van der Waals surface area contributed by atoms with Crippen LogP contribution < -0.4 is 4.74 Å². The smallest absolute Gasteiger partial charge is 0.419 e. The van der Waals surface area contributed by atoms with Gasteiger partial charge in [0.1, 0.15) is 5.75 Å². The first kappa shape index (κ1) is 15.8. The van der Waals surface area contributed by atoms with Crippen LogP contribution in [0.15, 0.2) is 24.3 Å². The minimum absolute atomic E-state index is 0.531. The van der Waals surface area contributed by atoms with E-state index in [2.05, 4.69) is 0 Å². The molecule has 2 unspecified atom stereocenters. The summed E-state index contributed by atoms with van der Waals surface area (Å²) in [4.78, 5) is 0. The van der Waals surface area contributed by atoms with Crippen LogP contribution in [-0.2, 0) is 0 Å². The Morgan fingerprint density at radius 2 is 1.95 bits per heavy atom. The zero-order chi connectivity index (χ0) is 14.7. The second kappa shape index (κ2) is 5.79. The van der Waals surface area contributed by atoms with E-state index < -0.39 is 30.7 Å². The molecule has 19 heavy (non-hydrogen) atoms. The normalized spacial score (nSPS) is 16.8. The summed E-state index contributed by atoms with van der Waals surface area (Å²) in [5.41, 5.74) is -2.48. The van der Waals surface area contributed by atoms with Crippen molar-refractivity contribution in [3.63, 3.8) is 0 Å². The SMILES string of the molecule is COc1cccc(C(C)CC(O)(CO)C(F)(F)F)c1. The minimum atomic E-state index is -4.87. The van der Waals surface area contributed by atoms with Crippen molar-refractivity contribution in [2.45, 2.75) is 31.0 Å². The van der Waals surface area contributed by atoms with Gasteiger partial charge in [-0.2, -0.15) is 13.2 Å². The van der Waals surface area contributed by atoms with Crippen molar-refractivity contribution < 1.29 is 28.1 Å². The molecule has 0 aliphatic heterocycles. The minimum Gasteiger partial charge on any atom is -0.497 e. The number of aliphatic hydroxyl groups is 2. The Labute approximate surface area is 109 Å². The quantitative estimate of drug-likeness (QED) is 0.870. The van der Waals surface area contributed by atoms with Crippen molar-refractivity contribution in [2.24, 2.45) is 0 Å². The van der Waals surface area contributed by atoms with Crippen LogP contribution in [0.3, 0.4) is 0 Å². The Balaban J connectivity index is 2.91. The molecule has 0 fully saturated rings. The van der Waals surface area contributed by atoms with Crippen molar-refractivity contribution in [3.8, 4) is 5.75 Å². The highest BCUT2D eigenvalue weighted by Crippen LogP contribution is 2.38. The van der Waals surface area contributed by atoms with Crippen molar-refractivity contribution in [1.29, 1.82) is 0 Å². The molecule has 0 aromatic heterocycles. The number of methoxy groups -OCH3 is 1. The number of alkyl halides is 3. The molecule has 0 radical (unpaired) electrons. The van der Waals surface area contributed by atoms with Gasteiger partial charge in [0.15, 0.2) is 5.60 Å². The number of aliphatic hydroxyl groups excluding tert-OH is 1. The maximum atomic E-state index is 12.7. The molecule has 0 saturated carbocycles. The lowest BCUT2D eigenvalue weighted by molar-refractivity contribution is -0.274. The maximum absolute atomic E-state index is 12.7. The monoisotopic (exact) mass is 278 g/mol. The van der Waals surface area contributed by atoms with Gasteiger partial charge in [-0.25, -0.2) is 0 Å². The van der Waals surface area contributed by atoms with Crippen molar-refractivity contribution in [1.82, 2.24) is 0 Å². The molecule has 1 rings (SSSR count). The van der Waals surface area contributed by atoms with Gasteiger partial charge in [-0.1, -0.05) is 19.1 Å². The summed E-state index contributed by atoms with van der Waals surface area (Å²) in [5.74, 6) is -0.0437. The van der Waals surface area contributed by atoms with E-state index in [0.717, 1.165) is 0 Å². The fraction of sp³-hybridized carbons (Fsp3) is 0.538. The highest BCUT2D eigenvalue weighted by atomic mass is 19.4. The summed E-state index contributed by atoms with van der Waals surface area (Å²) >= 11 is 0. The van der Waals surface area contributed by atoms with Gasteiger partial charge in [-0.05, 0) is 30.0 Å². The standard InChI is InChI=1S/C13H17F3O3/c1-9(7-12(18,8-17)13(14,15)16)10-4-3-5-11(6-10)19-2/h3-6,9,17-18H,7-8H2,1-2H3. The Hall–Kier alpha value is -1.27. The summed E-state index contributed by atoms with van der Waals surface area (Å²) in [6.07, 6.45) is -5.48. The van der Waals surface area contributed by atoms with Crippen molar-refractivity contribution in [2.75, 3.05) is 13.7 Å². The number of ether oxygens (including phenoxy) is 1. The third-order valence-corrected chi connectivity index (χ3v) is 3.10. The molecular weight excluding hydrogens is 261 g/mol. The molecule has 6 heteroatoms. The first-order chi connectivity index (χ1) is 8.73. The van der Waals surface area contributed by atoms with E-state index >= 15 is 0 Å². The third kappa shape index (κ3) is 3.61. The van der Waals surface area contributed by atoms with E-state index in [1.165, 1.54) is 7.11 Å². The average Bonchev–Trinajstić information content (AvgIpc) is 2.37. The lowest BCUT2D eigenvalue weighted by Crippen LogP contribution is -2.49. The molecule has 2 N–H and O–H groups in total. The molecule has 0 saturated heterocycles. The predicted molar refractivity (Wildman–Crippen MR) is 64.1 cm³/mol. The predicted octanol–water partition coefficient (Wildman–Crippen LogP) is 2.47. The summed E-state index contributed by atoms with van der Waals surface area (Å²) in [6, 6.07) is 6.61. The van der Waals surface area contributed by atoms with Gasteiger partial charge in [-0.3, -0.25) is 0 Å². The molecular formula is C13H17F3O3. The summed E-state index contributed by atoms with van der Waals surface area (Å²) in [6.45, 7) is 0.200. The largest absolute Gasteiger partial charge is 0.497 e. The van der Waals surface area contributed by atoms with Gasteiger partial charge in [-0.15, -0.1) is 0 Å². The Kier molecular flexibility index (Phi) is 4.81. The topological polar surface area (TPSA) is 49.7 Å². The van der Waals surface area contributed by atoms with Crippen molar-refractivity contribution in [3.05, 3.63) is 29.8 Å². The third-order valence-electron chi connectivity index (χ3n) is 3.10. The first-order valence-corrected chi connectivity index (χ1v) is 5.77. The van der Waals surface area contributed by atoms with E-state index in [-0.39, 0.29) is 0 Å². The highest BCUT2D eigenvalue weighted by molar-refractivity contribution is 5.30. The lowest BCUT2D eigenvalue weighted by atomic mass is 9.87. The van der Waals surface area contributed by atoms with Crippen LogP contribution in [0.2, 0.25) is 0 Å². The van der Waals surface area contributed by atoms with Gasteiger partial charge in [0.25, 0.3) is 0 Å². The average molecular weight is 278 g/mol. The van der Waals surface area contributed by atoms with Crippen molar-refractivity contribution >= 4 is 0 Å². The zero-order valence-electron chi connectivity index (χ0n) is 10.7. The number of benzene rings is 1. The van der Waals surface area contributed by atoms with E-state index in [4.69, 9.17) is 9.84 Å². The van der Waals surface area contributed by atoms with Crippen LogP contribution in [0.4, 0.5) is 13.2 Å². The van der Waals surface area contributed by atoms with Gasteiger partial charge < -0.3 is 14.9 Å². The van der Waals surface area contributed by atoms with Crippen LogP contribution in [0.5, 0.6) is 5.75 Å². The molecule has 2 atom stereocenters. The summed E-state index contributed by atoms with van der Waals surface area (Å²) in [5, 5.41) is 18.3. The van der Waals surface area contributed by atoms with Crippen LogP contribution >= 0.6 is 0 Å². The fourth-order valence-electron chi connectivity index (χ4n) is 1.84. The number of hydrogen-bond donors (Lipinski definition) is 2. The van der Waals surface area contributed by atoms with Crippen LogP contribution in [0.1, 0.15) is 24.8 Å². The van der Waals surface area contributed by atoms with Gasteiger partial charge in [0.2, 0.25) is 0 Å². The maximum Gasteiger partial charge on any atom is 0.419 e. The van der Waals surface area contributed by atoms with Crippen LogP contribution in [0.25, 0.3) is 0 Å². The van der Waals surface area contributed by atoms with E-state index in [9.17, 15) is 18.3 Å². The number of hydrogen-bond acceptors (Lipinski definition) is 3. The molecule has 0 bridgehead atoms. The van der Waals surface area contributed by atoms with Crippen LogP contribution in [0, 0.1) is 0 Å². The molecule has 0 aliphatic carbocycles. The first-order valence-electron chi connectivity index (χ1n) is 5.77. The number of rotatable bonds is 5. The molecule has 0 aliphatic rings. The Bertz CT molecular complexity index is 420. The summed E-state index contributed by atoms with van der Waals surface area (Å²) in [7, 11) is 1.46. The molecule has 108 valence electrons. The molecule has 3 nitrogen and oxygen atoms in total. The van der Waals surface area contributed by atoms with Gasteiger partial charge in [0, 0.05) is 0 Å². The second-order valence-electron chi connectivity index (χ2n) is 4.57. The fourth-order valence-corrected chi connectivity index (χ4v) is 1.84. The van der Waals surface area contributed by atoms with Gasteiger partial charge >= 0.3 is 6.18 Å². The van der Waals surface area contributed by atoms with E-state index in [1.807, 2.05) is 0 Å². The highest BCUT2D eigenvalue weighted by Gasteiger charge is 2.53. The molecule has 0 amide bonds. The lowest BCUT2D eigenvalue weighted by Gasteiger charge is -2.31. The Morgan fingerprint density at radius 3 is 2.42 bits per heavy atom. The zero-order valence-corrected chi connectivity index (χ0v) is 10.7. The number of halogens is 3. The van der Waals surface area contributed by atoms with E-state index in [0.29, 0.717) is 11.3 Å². The Morgan fingerprint density at radius 1 is 1.32 bits per heavy atom. The van der Waals surface area contributed by atoms with Gasteiger partial charge in [0.05, 0.1) is 13.7 Å². The second-order valence-corrected chi connectivity index (χ2v) is 4.57. The summed E-state index contributed by atoms with van der Waals surface area (Å²) < 4.78 is 43.1. The van der Waals surface area contributed by atoms with Crippen LogP contribution in [-0.4, -0.2) is 35.7 Å². The molecule has 1 aromatic rings. The molecule has 0 spiro atoms.